The second-order valence-electron chi connectivity index (χ2n) is 5.13. The van der Waals surface area contributed by atoms with Gasteiger partial charge in [0.2, 0.25) is 5.91 Å². The molecule has 1 saturated heterocycles. The molecule has 16 heavy (non-hydrogen) atoms. The van der Waals surface area contributed by atoms with E-state index in [9.17, 15) is 9.90 Å². The predicted molar refractivity (Wildman–Crippen MR) is 63.8 cm³/mol. The summed E-state index contributed by atoms with van der Waals surface area (Å²) in [6.45, 7) is 7.03. The summed E-state index contributed by atoms with van der Waals surface area (Å²) < 4.78 is 0. The first kappa shape index (κ1) is 13.5. The van der Waals surface area contributed by atoms with Gasteiger partial charge in [-0.05, 0) is 12.8 Å². The highest BCUT2D eigenvalue weighted by atomic mass is 16.3. The molecule has 0 radical (unpaired) electrons. The molecule has 0 bridgehead atoms. The lowest BCUT2D eigenvalue weighted by Crippen LogP contribution is -2.52. The maximum absolute atomic E-state index is 11.9. The van der Waals surface area contributed by atoms with Gasteiger partial charge in [0, 0.05) is 31.0 Å². The summed E-state index contributed by atoms with van der Waals surface area (Å²) in [5, 5.41) is 9.85. The molecule has 3 N–H and O–H groups in total. The van der Waals surface area contributed by atoms with Crippen molar-refractivity contribution < 1.29 is 9.90 Å². The van der Waals surface area contributed by atoms with E-state index in [2.05, 4.69) is 0 Å². The summed E-state index contributed by atoms with van der Waals surface area (Å²) in [6.07, 6.45) is 1.20. The highest BCUT2D eigenvalue weighted by Crippen LogP contribution is 2.22. The largest absolute Gasteiger partial charge is 0.393 e. The first-order valence-electron chi connectivity index (χ1n) is 6.18. The van der Waals surface area contributed by atoms with Crippen LogP contribution in [0, 0.1) is 11.8 Å². The zero-order chi connectivity index (χ0) is 12.3. The van der Waals surface area contributed by atoms with Crippen molar-refractivity contribution in [3.63, 3.8) is 0 Å². The number of aliphatic hydroxyl groups is 1. The van der Waals surface area contributed by atoms with Crippen LogP contribution < -0.4 is 5.73 Å². The lowest BCUT2D eigenvalue weighted by Gasteiger charge is -2.39. The number of hydrogen-bond donors (Lipinski definition) is 2. The van der Waals surface area contributed by atoms with Crippen LogP contribution in [-0.4, -0.2) is 41.1 Å². The van der Waals surface area contributed by atoms with Gasteiger partial charge in [0.15, 0.2) is 0 Å². The molecule has 1 aliphatic rings. The fraction of sp³-hybridized carbons (Fsp3) is 0.917. The van der Waals surface area contributed by atoms with E-state index in [0.29, 0.717) is 13.1 Å². The van der Waals surface area contributed by atoms with Gasteiger partial charge < -0.3 is 15.7 Å². The Hall–Kier alpha value is -0.610. The SMILES string of the molecule is CCC(O)C1CC(N)CN(C(=O)C(C)C)C1. The quantitative estimate of drug-likeness (QED) is 0.743. The van der Waals surface area contributed by atoms with Crippen LogP contribution in [-0.2, 0) is 4.79 Å². The topological polar surface area (TPSA) is 66.6 Å². The van der Waals surface area contributed by atoms with Crippen LogP contribution in [0.15, 0.2) is 0 Å². The van der Waals surface area contributed by atoms with E-state index < -0.39 is 0 Å². The second-order valence-corrected chi connectivity index (χ2v) is 5.13. The van der Waals surface area contributed by atoms with Gasteiger partial charge in [0.05, 0.1) is 6.10 Å². The molecule has 1 amide bonds. The molecular formula is C12H24N2O2. The van der Waals surface area contributed by atoms with Crippen molar-refractivity contribution in [2.45, 2.75) is 45.8 Å². The van der Waals surface area contributed by atoms with E-state index in [1.165, 1.54) is 0 Å². The summed E-state index contributed by atoms with van der Waals surface area (Å²) in [6, 6.07) is 0.00245. The van der Waals surface area contributed by atoms with Crippen molar-refractivity contribution in [2.75, 3.05) is 13.1 Å². The zero-order valence-electron chi connectivity index (χ0n) is 10.5. The first-order chi connectivity index (χ1) is 7.45. The average Bonchev–Trinajstić information content (AvgIpc) is 2.25. The molecule has 1 rings (SSSR count). The zero-order valence-corrected chi connectivity index (χ0v) is 10.5. The number of nitrogens with two attached hydrogens (primary N) is 1. The Balaban J connectivity index is 2.64. The lowest BCUT2D eigenvalue weighted by molar-refractivity contribution is -0.137. The molecule has 0 aromatic carbocycles. The van der Waals surface area contributed by atoms with Gasteiger partial charge in [-0.2, -0.15) is 0 Å². The van der Waals surface area contributed by atoms with Crippen LogP contribution in [0.4, 0.5) is 0 Å². The molecule has 4 heteroatoms. The summed E-state index contributed by atoms with van der Waals surface area (Å²) in [4.78, 5) is 13.7. The fourth-order valence-electron chi connectivity index (χ4n) is 2.34. The van der Waals surface area contributed by atoms with E-state index in [1.807, 2.05) is 25.7 Å². The van der Waals surface area contributed by atoms with Gasteiger partial charge in [0.25, 0.3) is 0 Å². The van der Waals surface area contributed by atoms with E-state index in [0.717, 1.165) is 12.8 Å². The molecule has 1 heterocycles. The number of carbonyl (C=O) groups is 1. The van der Waals surface area contributed by atoms with Crippen LogP contribution in [0.2, 0.25) is 0 Å². The van der Waals surface area contributed by atoms with Crippen molar-refractivity contribution in [3.8, 4) is 0 Å². The number of nitrogens with zero attached hydrogens (tertiary/aromatic N) is 1. The second kappa shape index (κ2) is 5.64. The number of piperidine rings is 1. The molecular weight excluding hydrogens is 204 g/mol. The normalized spacial score (nSPS) is 28.2. The maximum atomic E-state index is 11.9. The van der Waals surface area contributed by atoms with E-state index in [1.54, 1.807) is 0 Å². The van der Waals surface area contributed by atoms with Crippen molar-refractivity contribution >= 4 is 5.91 Å². The van der Waals surface area contributed by atoms with Gasteiger partial charge in [-0.1, -0.05) is 20.8 Å². The molecule has 1 aliphatic heterocycles. The molecule has 0 saturated carbocycles. The van der Waals surface area contributed by atoms with Gasteiger partial charge in [0.1, 0.15) is 0 Å². The van der Waals surface area contributed by atoms with Gasteiger partial charge >= 0.3 is 0 Å². The highest BCUT2D eigenvalue weighted by Gasteiger charge is 2.32. The standard InChI is InChI=1S/C12H24N2O2/c1-4-11(15)9-5-10(13)7-14(6-9)12(16)8(2)3/h8-11,15H,4-7,13H2,1-3H3. The average molecular weight is 228 g/mol. The third kappa shape index (κ3) is 3.19. The van der Waals surface area contributed by atoms with Crippen LogP contribution in [0.1, 0.15) is 33.6 Å². The molecule has 0 aromatic heterocycles. The Labute approximate surface area is 97.8 Å². The minimum Gasteiger partial charge on any atom is -0.393 e. The maximum Gasteiger partial charge on any atom is 0.225 e. The molecule has 0 aromatic rings. The molecule has 3 unspecified atom stereocenters. The first-order valence-corrected chi connectivity index (χ1v) is 6.18. The van der Waals surface area contributed by atoms with Gasteiger partial charge in [-0.3, -0.25) is 4.79 Å². The Morgan fingerprint density at radius 1 is 1.50 bits per heavy atom. The Bertz CT molecular complexity index is 243. The smallest absolute Gasteiger partial charge is 0.225 e. The van der Waals surface area contributed by atoms with Crippen molar-refractivity contribution in [1.82, 2.24) is 4.90 Å². The molecule has 0 aliphatic carbocycles. The van der Waals surface area contributed by atoms with Crippen molar-refractivity contribution in [2.24, 2.45) is 17.6 Å². The summed E-state index contributed by atoms with van der Waals surface area (Å²) in [5.74, 6) is 0.282. The number of aliphatic hydroxyl groups excluding tert-OH is 1. The Kier molecular flexibility index (Phi) is 4.74. The summed E-state index contributed by atoms with van der Waals surface area (Å²) in [7, 11) is 0. The van der Waals surface area contributed by atoms with E-state index in [-0.39, 0.29) is 29.9 Å². The number of amides is 1. The number of likely N-dealkylation sites (tertiary alicyclic amines) is 1. The van der Waals surface area contributed by atoms with Crippen molar-refractivity contribution in [1.29, 1.82) is 0 Å². The van der Waals surface area contributed by atoms with Crippen LogP contribution >= 0.6 is 0 Å². The molecule has 0 spiro atoms. The summed E-state index contributed by atoms with van der Waals surface area (Å²) >= 11 is 0. The number of rotatable bonds is 3. The fourth-order valence-corrected chi connectivity index (χ4v) is 2.34. The molecule has 3 atom stereocenters. The van der Waals surface area contributed by atoms with Gasteiger partial charge in [-0.15, -0.1) is 0 Å². The molecule has 4 nitrogen and oxygen atoms in total. The third-order valence-corrected chi connectivity index (χ3v) is 3.28. The molecule has 1 fully saturated rings. The van der Waals surface area contributed by atoms with Crippen LogP contribution in [0.25, 0.3) is 0 Å². The number of hydrogen-bond acceptors (Lipinski definition) is 3. The minimum atomic E-state index is -0.339. The monoisotopic (exact) mass is 228 g/mol. The van der Waals surface area contributed by atoms with Crippen LogP contribution in [0.3, 0.4) is 0 Å². The lowest BCUT2D eigenvalue weighted by atomic mass is 9.88. The highest BCUT2D eigenvalue weighted by molar-refractivity contribution is 5.78. The minimum absolute atomic E-state index is 0.00245. The van der Waals surface area contributed by atoms with Gasteiger partial charge in [-0.25, -0.2) is 0 Å². The molecule has 94 valence electrons. The summed E-state index contributed by atoms with van der Waals surface area (Å²) in [5.41, 5.74) is 5.94. The van der Waals surface area contributed by atoms with Crippen LogP contribution in [0.5, 0.6) is 0 Å². The van der Waals surface area contributed by atoms with Crippen molar-refractivity contribution in [3.05, 3.63) is 0 Å². The van der Waals surface area contributed by atoms with E-state index in [4.69, 9.17) is 5.73 Å². The van der Waals surface area contributed by atoms with E-state index >= 15 is 0 Å². The predicted octanol–water partition coefficient (Wildman–Crippen LogP) is 0.589. The Morgan fingerprint density at radius 2 is 2.12 bits per heavy atom. The number of carbonyl (C=O) groups excluding carboxylic acids is 1. The third-order valence-electron chi connectivity index (χ3n) is 3.28. The Morgan fingerprint density at radius 3 is 2.62 bits per heavy atom.